The Kier molecular flexibility index (Phi) is 10.2. The predicted octanol–water partition coefficient (Wildman–Crippen LogP) is 5.79. The van der Waals surface area contributed by atoms with Crippen molar-refractivity contribution >= 4 is 5.97 Å². The van der Waals surface area contributed by atoms with Crippen LogP contribution in [0.4, 0.5) is 8.78 Å². The molecule has 0 spiro atoms. The molecule has 0 aliphatic rings. The zero-order chi connectivity index (χ0) is 23.7. The molecule has 2 aromatic heterocycles. The molecule has 0 unspecified atom stereocenters. The summed E-state index contributed by atoms with van der Waals surface area (Å²) in [6, 6.07) is 24.0. The van der Waals surface area contributed by atoms with Gasteiger partial charge in [-0.25, -0.2) is 9.78 Å². The van der Waals surface area contributed by atoms with Crippen molar-refractivity contribution in [2.24, 2.45) is 0 Å². The summed E-state index contributed by atoms with van der Waals surface area (Å²) in [4.78, 5) is 13.7. The molecule has 6 nitrogen and oxygen atoms in total. The maximum absolute atomic E-state index is 14.7. The molecule has 34 heavy (non-hydrogen) atoms. The molecule has 179 valence electrons. The van der Waals surface area contributed by atoms with E-state index in [1.807, 2.05) is 37.3 Å². The van der Waals surface area contributed by atoms with Crippen molar-refractivity contribution < 1.29 is 38.8 Å². The number of hydrogen-bond donors (Lipinski definition) is 1. The summed E-state index contributed by atoms with van der Waals surface area (Å²) in [6.45, 7) is 1.89. The first kappa shape index (κ1) is 27.0. The van der Waals surface area contributed by atoms with Crippen LogP contribution in [0.1, 0.15) is 42.5 Å². The Morgan fingerprint density at radius 3 is 2.29 bits per heavy atom. The molecular formula is C25H23F2IrN4O2-. The molecule has 0 atom stereocenters. The third-order valence-electron chi connectivity index (χ3n) is 4.68. The van der Waals surface area contributed by atoms with Crippen molar-refractivity contribution in [2.45, 2.75) is 32.1 Å². The largest absolute Gasteiger partial charge is 0.477 e. The minimum atomic E-state index is -3.04. The average molecular weight is 642 g/mol. The summed E-state index contributed by atoms with van der Waals surface area (Å²) in [7, 11) is 0. The smallest absolute Gasteiger partial charge is 0.354 e. The molecule has 2 heterocycles. The van der Waals surface area contributed by atoms with E-state index in [1.54, 1.807) is 36.4 Å². The normalized spacial score (nSPS) is 10.6. The summed E-state index contributed by atoms with van der Waals surface area (Å²) in [6.07, 6.45) is 2.34. The fourth-order valence-corrected chi connectivity index (χ4v) is 3.05. The number of hydrogen-bond acceptors (Lipinski definition) is 4. The molecule has 0 saturated carbocycles. The molecule has 4 rings (SSSR count). The van der Waals surface area contributed by atoms with Gasteiger partial charge in [0.25, 0.3) is 0 Å². The quantitative estimate of drug-likeness (QED) is 0.259. The van der Waals surface area contributed by atoms with E-state index in [4.69, 9.17) is 5.11 Å². The second-order valence-electron chi connectivity index (χ2n) is 7.12. The van der Waals surface area contributed by atoms with Crippen LogP contribution in [0.3, 0.4) is 0 Å². The van der Waals surface area contributed by atoms with E-state index in [0.717, 1.165) is 0 Å². The van der Waals surface area contributed by atoms with Gasteiger partial charge in [0.1, 0.15) is 5.69 Å². The number of aromatic carboxylic acids is 1. The molecule has 0 saturated heterocycles. The Morgan fingerprint density at radius 2 is 1.74 bits per heavy atom. The Labute approximate surface area is 210 Å². The van der Waals surface area contributed by atoms with E-state index in [2.05, 4.69) is 21.2 Å². The third kappa shape index (κ3) is 6.85. The van der Waals surface area contributed by atoms with E-state index in [1.165, 1.54) is 16.8 Å². The summed E-state index contributed by atoms with van der Waals surface area (Å²) < 4.78 is 30.8. The van der Waals surface area contributed by atoms with Crippen LogP contribution in [0, 0.1) is 6.07 Å². The van der Waals surface area contributed by atoms with Crippen molar-refractivity contribution in [1.82, 2.24) is 19.7 Å². The number of unbranched alkanes of at least 4 members (excludes halogenated alkanes) is 1. The number of aromatic nitrogens is 4. The van der Waals surface area contributed by atoms with Gasteiger partial charge < -0.3 is 9.67 Å². The number of halogens is 2. The number of nitrogens with zero attached hydrogens (tertiary/aromatic N) is 4. The van der Waals surface area contributed by atoms with Crippen LogP contribution >= 0.6 is 0 Å². The standard InChI is InChI=1S/C19H18F2N3.C6H5NO2.Ir/c1-2-3-14-19(20,21)18-23-22-17(15-10-6-4-7-11-15)24(18)16-12-8-5-9-13-16;8-6(9)5-3-1-2-4-7-5;/h4-10,12-13H,2-3,14H2,1H3;1-4H,(H,8,9);/q-1;;. The van der Waals surface area contributed by atoms with E-state index < -0.39 is 11.9 Å². The Morgan fingerprint density at radius 1 is 1.03 bits per heavy atom. The van der Waals surface area contributed by atoms with Crippen molar-refractivity contribution in [3.8, 4) is 17.1 Å². The molecule has 1 radical (unpaired) electrons. The summed E-state index contributed by atoms with van der Waals surface area (Å²) >= 11 is 0. The monoisotopic (exact) mass is 642 g/mol. The van der Waals surface area contributed by atoms with Gasteiger partial charge in [0.15, 0.2) is 5.82 Å². The minimum Gasteiger partial charge on any atom is -0.477 e. The van der Waals surface area contributed by atoms with Crippen molar-refractivity contribution in [3.05, 3.63) is 96.6 Å². The van der Waals surface area contributed by atoms with Crippen molar-refractivity contribution in [2.75, 3.05) is 0 Å². The van der Waals surface area contributed by atoms with Gasteiger partial charge in [-0.2, -0.15) is 13.9 Å². The molecule has 1 N–H and O–H groups in total. The maximum atomic E-state index is 14.7. The molecule has 9 heteroatoms. The number of pyridine rings is 1. The van der Waals surface area contributed by atoms with Crippen LogP contribution in [0.25, 0.3) is 17.1 Å². The van der Waals surface area contributed by atoms with E-state index in [9.17, 15) is 13.6 Å². The average Bonchev–Trinajstić information content (AvgIpc) is 3.31. The first-order valence-corrected chi connectivity index (χ1v) is 10.4. The zero-order valence-electron chi connectivity index (χ0n) is 18.4. The van der Waals surface area contributed by atoms with Crippen LogP contribution in [0.5, 0.6) is 0 Å². The van der Waals surface area contributed by atoms with Crippen LogP contribution in [-0.2, 0) is 26.0 Å². The minimum absolute atomic E-state index is 0. The number of rotatable bonds is 7. The number of benzene rings is 2. The van der Waals surface area contributed by atoms with Crippen LogP contribution < -0.4 is 0 Å². The molecule has 0 bridgehead atoms. The maximum Gasteiger partial charge on any atom is 0.354 e. The molecule has 4 aromatic rings. The molecule has 0 fully saturated rings. The van der Waals surface area contributed by atoms with Crippen LogP contribution in [0.2, 0.25) is 0 Å². The van der Waals surface area contributed by atoms with Gasteiger partial charge in [0, 0.05) is 38.4 Å². The van der Waals surface area contributed by atoms with Gasteiger partial charge in [-0.1, -0.05) is 37.6 Å². The predicted molar refractivity (Wildman–Crippen MR) is 120 cm³/mol. The number of alkyl halides is 2. The number of carboxylic acid groups (broad SMARTS) is 1. The van der Waals surface area contributed by atoms with Crippen LogP contribution in [-0.4, -0.2) is 30.8 Å². The Bertz CT molecular complexity index is 1160. The van der Waals surface area contributed by atoms with Crippen molar-refractivity contribution in [3.63, 3.8) is 0 Å². The third-order valence-corrected chi connectivity index (χ3v) is 4.68. The summed E-state index contributed by atoms with van der Waals surface area (Å²) in [5.74, 6) is -3.98. The van der Waals surface area contributed by atoms with Gasteiger partial charge in [0.05, 0.1) is 5.82 Å². The molecule has 2 aromatic carbocycles. The van der Waals surface area contributed by atoms with Crippen molar-refractivity contribution in [1.29, 1.82) is 0 Å². The van der Waals surface area contributed by atoms with Crippen LogP contribution in [0.15, 0.2) is 79.0 Å². The summed E-state index contributed by atoms with van der Waals surface area (Å²) in [5, 5.41) is 16.2. The molecular weight excluding hydrogens is 619 g/mol. The van der Waals surface area contributed by atoms with Gasteiger partial charge >= 0.3 is 11.9 Å². The Balaban J connectivity index is 0.000000345. The summed E-state index contributed by atoms with van der Waals surface area (Å²) in [5.41, 5.74) is 1.32. The Hall–Kier alpha value is -3.29. The SMILES string of the molecule is CCCCC(F)(F)c1nnc(-c2[c-]cccc2)n1-c1ccccc1.O=C(O)c1ccccn1.[Ir]. The van der Waals surface area contributed by atoms with Gasteiger partial charge in [-0.3, -0.25) is 0 Å². The fourth-order valence-electron chi connectivity index (χ4n) is 3.05. The van der Waals surface area contributed by atoms with E-state index >= 15 is 0 Å². The topological polar surface area (TPSA) is 80.9 Å². The van der Waals surface area contributed by atoms with Gasteiger partial charge in [-0.05, 0) is 30.7 Å². The number of para-hydroxylation sites is 1. The number of carboxylic acids is 1. The molecule has 0 aliphatic carbocycles. The first-order chi connectivity index (χ1) is 15.9. The first-order valence-electron chi connectivity index (χ1n) is 10.4. The number of carbonyl (C=O) groups is 1. The second-order valence-corrected chi connectivity index (χ2v) is 7.12. The van der Waals surface area contributed by atoms with Gasteiger partial charge in [-0.15, -0.1) is 41.0 Å². The van der Waals surface area contributed by atoms with E-state index in [-0.39, 0.29) is 38.0 Å². The van der Waals surface area contributed by atoms with E-state index in [0.29, 0.717) is 29.9 Å². The fraction of sp³-hybridized carbons (Fsp3) is 0.200. The zero-order valence-corrected chi connectivity index (χ0v) is 20.8. The second kappa shape index (κ2) is 12.8. The van der Waals surface area contributed by atoms with Gasteiger partial charge in [0.2, 0.25) is 0 Å². The molecule has 0 aliphatic heterocycles. The molecule has 0 amide bonds.